The Morgan fingerprint density at radius 1 is 1.44 bits per heavy atom. The summed E-state index contributed by atoms with van der Waals surface area (Å²) in [4.78, 5) is 21.9. The van der Waals surface area contributed by atoms with Gasteiger partial charge in [-0.2, -0.15) is 0 Å². The molecule has 0 spiro atoms. The summed E-state index contributed by atoms with van der Waals surface area (Å²) in [6.45, 7) is 4.61. The fraction of sp³-hybridized carbons (Fsp3) is 0.417. The molecule has 0 aromatic heterocycles. The van der Waals surface area contributed by atoms with Crippen molar-refractivity contribution >= 4 is 17.3 Å². The topological polar surface area (TPSA) is 84.3 Å². The molecule has 0 atom stereocenters. The number of anilines is 1. The number of carbonyl (C=O) groups is 1. The number of rotatable bonds is 5. The van der Waals surface area contributed by atoms with Crippen LogP contribution in [0.3, 0.4) is 0 Å². The Kier molecular flexibility index (Phi) is 4.65. The molecule has 0 heterocycles. The first-order valence-corrected chi connectivity index (χ1v) is 5.70. The minimum Gasteiger partial charge on any atom is -0.379 e. The fourth-order valence-corrected chi connectivity index (χ4v) is 1.44. The normalized spacial score (nSPS) is 10.2. The highest BCUT2D eigenvalue weighted by Crippen LogP contribution is 2.25. The van der Waals surface area contributed by atoms with Crippen molar-refractivity contribution in [2.45, 2.75) is 13.8 Å². The lowest BCUT2D eigenvalue weighted by Gasteiger charge is -2.10. The van der Waals surface area contributed by atoms with E-state index in [-0.39, 0.29) is 11.6 Å². The maximum atomic E-state index is 11.5. The molecular formula is C12H17N3O3. The van der Waals surface area contributed by atoms with Crippen molar-refractivity contribution in [3.63, 3.8) is 0 Å². The molecule has 98 valence electrons. The van der Waals surface area contributed by atoms with Gasteiger partial charge in [-0.3, -0.25) is 14.9 Å². The highest BCUT2D eigenvalue weighted by atomic mass is 16.6. The van der Waals surface area contributed by atoms with Gasteiger partial charge in [0.1, 0.15) is 5.69 Å². The highest BCUT2D eigenvalue weighted by Gasteiger charge is 2.16. The maximum absolute atomic E-state index is 11.5. The molecule has 18 heavy (non-hydrogen) atoms. The molecule has 0 aliphatic carbocycles. The molecule has 0 fully saturated rings. The van der Waals surface area contributed by atoms with Crippen molar-refractivity contribution in [3.8, 4) is 0 Å². The summed E-state index contributed by atoms with van der Waals surface area (Å²) >= 11 is 0. The largest absolute Gasteiger partial charge is 0.379 e. The summed E-state index contributed by atoms with van der Waals surface area (Å²) in [5.41, 5.74) is 0.743. The van der Waals surface area contributed by atoms with Gasteiger partial charge < -0.3 is 10.6 Å². The third kappa shape index (κ3) is 3.44. The second-order valence-corrected chi connectivity index (χ2v) is 4.34. The zero-order valence-electron chi connectivity index (χ0n) is 10.7. The Balaban J connectivity index is 3.07. The molecule has 0 saturated carbocycles. The van der Waals surface area contributed by atoms with Gasteiger partial charge >= 0.3 is 0 Å². The zero-order valence-corrected chi connectivity index (χ0v) is 10.7. The fourth-order valence-electron chi connectivity index (χ4n) is 1.44. The van der Waals surface area contributed by atoms with E-state index in [1.54, 1.807) is 0 Å². The summed E-state index contributed by atoms with van der Waals surface area (Å²) in [6, 6.07) is 4.28. The van der Waals surface area contributed by atoms with E-state index < -0.39 is 4.92 Å². The number of benzene rings is 1. The van der Waals surface area contributed by atoms with Crippen LogP contribution in [0, 0.1) is 16.0 Å². The summed E-state index contributed by atoms with van der Waals surface area (Å²) < 4.78 is 0. The minimum absolute atomic E-state index is 0.0247. The molecule has 0 unspecified atom stereocenters. The van der Waals surface area contributed by atoms with Gasteiger partial charge in [0.2, 0.25) is 0 Å². The van der Waals surface area contributed by atoms with E-state index in [0.717, 1.165) is 0 Å². The number of carbonyl (C=O) groups excluding carboxylic acids is 1. The van der Waals surface area contributed by atoms with Crippen LogP contribution in [-0.2, 0) is 0 Å². The first kappa shape index (κ1) is 14.0. The number of nitro benzene ring substituents is 1. The van der Waals surface area contributed by atoms with Gasteiger partial charge in [0.25, 0.3) is 11.6 Å². The maximum Gasteiger partial charge on any atom is 0.292 e. The predicted molar refractivity (Wildman–Crippen MR) is 69.8 cm³/mol. The number of amides is 1. The average Bonchev–Trinajstić information content (AvgIpc) is 2.34. The van der Waals surface area contributed by atoms with Crippen LogP contribution >= 0.6 is 0 Å². The van der Waals surface area contributed by atoms with Crippen molar-refractivity contribution < 1.29 is 9.72 Å². The molecule has 2 N–H and O–H groups in total. The Morgan fingerprint density at radius 2 is 2.11 bits per heavy atom. The summed E-state index contributed by atoms with van der Waals surface area (Å²) in [7, 11) is 1.52. The second kappa shape index (κ2) is 6.00. The van der Waals surface area contributed by atoms with E-state index in [4.69, 9.17) is 0 Å². The van der Waals surface area contributed by atoms with Gasteiger partial charge in [-0.05, 0) is 18.1 Å². The average molecular weight is 251 g/mol. The van der Waals surface area contributed by atoms with Crippen molar-refractivity contribution in [1.29, 1.82) is 0 Å². The van der Waals surface area contributed by atoms with E-state index in [1.165, 1.54) is 25.2 Å². The molecule has 1 aromatic carbocycles. The molecule has 6 nitrogen and oxygen atoms in total. The lowest BCUT2D eigenvalue weighted by Crippen LogP contribution is -2.18. The predicted octanol–water partition coefficient (Wildman–Crippen LogP) is 2.02. The molecule has 0 aliphatic heterocycles. The molecule has 1 aromatic rings. The Hall–Kier alpha value is -2.11. The minimum atomic E-state index is -0.462. The van der Waals surface area contributed by atoms with E-state index in [9.17, 15) is 14.9 Å². The van der Waals surface area contributed by atoms with Crippen molar-refractivity contribution in [2.75, 3.05) is 18.9 Å². The van der Waals surface area contributed by atoms with E-state index in [0.29, 0.717) is 23.7 Å². The van der Waals surface area contributed by atoms with Crippen LogP contribution in [-0.4, -0.2) is 24.4 Å². The van der Waals surface area contributed by atoms with Gasteiger partial charge in [-0.1, -0.05) is 13.8 Å². The first-order valence-electron chi connectivity index (χ1n) is 5.70. The molecule has 1 amide bonds. The molecule has 0 bridgehead atoms. The van der Waals surface area contributed by atoms with Crippen LogP contribution in [0.4, 0.5) is 11.4 Å². The standard InChI is InChI=1S/C12H17N3O3/c1-8(2)7-14-10-6-9(12(16)13-3)4-5-11(10)15(17)18/h4-6,8,14H,7H2,1-3H3,(H,13,16). The smallest absolute Gasteiger partial charge is 0.292 e. The lowest BCUT2D eigenvalue weighted by molar-refractivity contribution is -0.384. The quantitative estimate of drug-likeness (QED) is 0.619. The van der Waals surface area contributed by atoms with Gasteiger partial charge in [0.15, 0.2) is 0 Å². The molecule has 0 saturated heterocycles. The Bertz CT molecular complexity index is 458. The number of hydrogen-bond donors (Lipinski definition) is 2. The van der Waals surface area contributed by atoms with Crippen molar-refractivity contribution in [1.82, 2.24) is 5.32 Å². The van der Waals surface area contributed by atoms with Crippen LogP contribution in [0.1, 0.15) is 24.2 Å². The molecule has 1 rings (SSSR count). The molecule has 0 radical (unpaired) electrons. The summed E-state index contributed by atoms with van der Waals surface area (Å²) in [5.74, 6) is 0.0887. The van der Waals surface area contributed by atoms with E-state index >= 15 is 0 Å². The number of nitro groups is 1. The lowest BCUT2D eigenvalue weighted by atomic mass is 10.1. The van der Waals surface area contributed by atoms with Gasteiger partial charge in [0.05, 0.1) is 4.92 Å². The summed E-state index contributed by atoms with van der Waals surface area (Å²) in [5, 5.41) is 16.4. The van der Waals surface area contributed by atoms with Crippen molar-refractivity contribution in [3.05, 3.63) is 33.9 Å². The zero-order chi connectivity index (χ0) is 13.7. The number of hydrogen-bond acceptors (Lipinski definition) is 4. The highest BCUT2D eigenvalue weighted by molar-refractivity contribution is 5.95. The van der Waals surface area contributed by atoms with Crippen LogP contribution < -0.4 is 10.6 Å². The summed E-state index contributed by atoms with van der Waals surface area (Å²) in [6.07, 6.45) is 0. The Labute approximate surface area is 106 Å². The monoisotopic (exact) mass is 251 g/mol. The third-order valence-corrected chi connectivity index (χ3v) is 2.38. The van der Waals surface area contributed by atoms with Crippen LogP contribution in [0.15, 0.2) is 18.2 Å². The van der Waals surface area contributed by atoms with Gasteiger partial charge in [0, 0.05) is 25.2 Å². The van der Waals surface area contributed by atoms with Gasteiger partial charge in [-0.15, -0.1) is 0 Å². The third-order valence-electron chi connectivity index (χ3n) is 2.38. The second-order valence-electron chi connectivity index (χ2n) is 4.34. The van der Waals surface area contributed by atoms with Gasteiger partial charge in [-0.25, -0.2) is 0 Å². The molecule has 0 aliphatic rings. The van der Waals surface area contributed by atoms with Crippen LogP contribution in [0.2, 0.25) is 0 Å². The number of nitrogens with one attached hydrogen (secondary N) is 2. The van der Waals surface area contributed by atoms with Crippen LogP contribution in [0.5, 0.6) is 0 Å². The SMILES string of the molecule is CNC(=O)c1ccc([N+](=O)[O-])c(NCC(C)C)c1. The van der Waals surface area contributed by atoms with Crippen molar-refractivity contribution in [2.24, 2.45) is 5.92 Å². The molecular weight excluding hydrogens is 234 g/mol. The van der Waals surface area contributed by atoms with Crippen LogP contribution in [0.25, 0.3) is 0 Å². The Morgan fingerprint density at radius 3 is 2.61 bits per heavy atom. The van der Waals surface area contributed by atoms with E-state index in [1.807, 2.05) is 13.8 Å². The van der Waals surface area contributed by atoms with E-state index in [2.05, 4.69) is 10.6 Å². The molecule has 6 heteroatoms. The first-order chi connectivity index (χ1) is 8.45. The number of nitrogens with zero attached hydrogens (tertiary/aromatic N) is 1.